The van der Waals surface area contributed by atoms with Crippen LogP contribution in [-0.2, 0) is 6.54 Å². The molecule has 6 heteroatoms. The standard InChI is InChI=1S/C23H21ClN4O/c24-19-3-1-2-18(12-19)21-26-22(29-27-21)20-13-23(20)8-10-28(11-9-23)15-17-6-4-16(14-25)5-7-17/h1-7,12,20H,8-11,13,15H2. The molecule has 2 aromatic carbocycles. The molecule has 2 heterocycles. The van der Waals surface area contributed by atoms with Crippen LogP contribution in [0.4, 0.5) is 0 Å². The quantitative estimate of drug-likeness (QED) is 0.610. The van der Waals surface area contributed by atoms with Gasteiger partial charge in [-0.1, -0.05) is 41.0 Å². The van der Waals surface area contributed by atoms with Crippen LogP contribution in [0.1, 0.15) is 42.2 Å². The molecule has 2 aliphatic rings. The predicted molar refractivity (Wildman–Crippen MR) is 110 cm³/mol. The Morgan fingerprint density at radius 1 is 1.17 bits per heavy atom. The monoisotopic (exact) mass is 404 g/mol. The van der Waals surface area contributed by atoms with Crippen molar-refractivity contribution in [1.29, 1.82) is 5.26 Å². The van der Waals surface area contributed by atoms with Crippen molar-refractivity contribution < 1.29 is 4.52 Å². The van der Waals surface area contributed by atoms with E-state index in [1.54, 1.807) is 0 Å². The highest BCUT2D eigenvalue weighted by molar-refractivity contribution is 6.30. The molecule has 0 bridgehead atoms. The Hall–Kier alpha value is -2.68. The van der Waals surface area contributed by atoms with E-state index >= 15 is 0 Å². The minimum atomic E-state index is 0.319. The van der Waals surface area contributed by atoms with Crippen molar-refractivity contribution in [2.75, 3.05) is 13.1 Å². The summed E-state index contributed by atoms with van der Waals surface area (Å²) in [6, 6.07) is 17.6. The number of nitrogens with zero attached hydrogens (tertiary/aromatic N) is 4. The zero-order valence-corrected chi connectivity index (χ0v) is 16.8. The summed E-state index contributed by atoms with van der Waals surface area (Å²) in [6.45, 7) is 3.09. The van der Waals surface area contributed by atoms with Gasteiger partial charge in [0.25, 0.3) is 0 Å². The summed E-state index contributed by atoms with van der Waals surface area (Å²) < 4.78 is 5.61. The third-order valence-corrected chi connectivity index (χ3v) is 6.59. The van der Waals surface area contributed by atoms with E-state index in [2.05, 4.69) is 33.2 Å². The lowest BCUT2D eigenvalue weighted by molar-refractivity contribution is 0.159. The van der Waals surface area contributed by atoms with Crippen molar-refractivity contribution in [1.82, 2.24) is 15.0 Å². The maximum absolute atomic E-state index is 8.93. The van der Waals surface area contributed by atoms with E-state index in [0.717, 1.165) is 50.4 Å². The topological polar surface area (TPSA) is 66.0 Å². The minimum Gasteiger partial charge on any atom is -0.339 e. The summed E-state index contributed by atoms with van der Waals surface area (Å²) in [5, 5.41) is 13.8. The second-order valence-corrected chi connectivity index (χ2v) is 8.61. The zero-order valence-electron chi connectivity index (χ0n) is 16.0. The summed E-state index contributed by atoms with van der Waals surface area (Å²) in [7, 11) is 0. The summed E-state index contributed by atoms with van der Waals surface area (Å²) >= 11 is 6.07. The van der Waals surface area contributed by atoms with Gasteiger partial charge in [0.2, 0.25) is 11.7 Å². The Morgan fingerprint density at radius 3 is 2.69 bits per heavy atom. The Kier molecular flexibility index (Phi) is 4.61. The van der Waals surface area contributed by atoms with Gasteiger partial charge < -0.3 is 4.52 Å². The van der Waals surface area contributed by atoms with Gasteiger partial charge in [0.15, 0.2) is 0 Å². The second kappa shape index (κ2) is 7.29. The lowest BCUT2D eigenvalue weighted by Crippen LogP contribution is -2.34. The molecule has 0 N–H and O–H groups in total. The van der Waals surface area contributed by atoms with Crippen molar-refractivity contribution >= 4 is 11.6 Å². The minimum absolute atomic E-state index is 0.319. The molecule has 1 saturated carbocycles. The van der Waals surface area contributed by atoms with Crippen LogP contribution in [0.5, 0.6) is 0 Å². The Morgan fingerprint density at radius 2 is 1.97 bits per heavy atom. The van der Waals surface area contributed by atoms with Gasteiger partial charge in [0, 0.05) is 23.0 Å². The van der Waals surface area contributed by atoms with Gasteiger partial charge in [-0.3, -0.25) is 4.90 Å². The lowest BCUT2D eigenvalue weighted by atomic mass is 9.90. The highest BCUT2D eigenvalue weighted by atomic mass is 35.5. The number of aromatic nitrogens is 2. The normalized spacial score (nSPS) is 20.5. The fraction of sp³-hybridized carbons (Fsp3) is 0.348. The molecular formula is C23H21ClN4O. The van der Waals surface area contributed by atoms with Gasteiger partial charge >= 0.3 is 0 Å². The van der Waals surface area contributed by atoms with Crippen LogP contribution >= 0.6 is 11.6 Å². The van der Waals surface area contributed by atoms with E-state index in [1.807, 2.05) is 36.4 Å². The van der Waals surface area contributed by atoms with Crippen LogP contribution in [-0.4, -0.2) is 28.1 Å². The van der Waals surface area contributed by atoms with Crippen molar-refractivity contribution in [2.45, 2.75) is 31.7 Å². The number of hydrogen-bond acceptors (Lipinski definition) is 5. The van der Waals surface area contributed by atoms with Crippen LogP contribution in [0, 0.1) is 16.7 Å². The first-order chi connectivity index (χ1) is 14.1. The number of rotatable bonds is 4. The van der Waals surface area contributed by atoms with E-state index in [1.165, 1.54) is 5.56 Å². The Balaban J connectivity index is 1.20. The molecule has 1 aliphatic carbocycles. The van der Waals surface area contributed by atoms with Crippen LogP contribution in [0.15, 0.2) is 53.1 Å². The van der Waals surface area contributed by atoms with E-state index in [-0.39, 0.29) is 0 Å². The zero-order chi connectivity index (χ0) is 19.8. The van der Waals surface area contributed by atoms with Crippen molar-refractivity contribution in [2.24, 2.45) is 5.41 Å². The molecule has 1 spiro atoms. The summed E-state index contributed by atoms with van der Waals surface area (Å²) in [5.74, 6) is 1.75. The summed E-state index contributed by atoms with van der Waals surface area (Å²) in [4.78, 5) is 7.15. The number of nitriles is 1. The van der Waals surface area contributed by atoms with Gasteiger partial charge in [-0.15, -0.1) is 0 Å². The molecule has 0 amide bonds. The van der Waals surface area contributed by atoms with E-state index in [9.17, 15) is 0 Å². The molecule has 5 nitrogen and oxygen atoms in total. The molecule has 5 rings (SSSR count). The van der Waals surface area contributed by atoms with E-state index in [4.69, 9.17) is 21.4 Å². The predicted octanol–water partition coefficient (Wildman–Crippen LogP) is 5.03. The molecule has 146 valence electrons. The third kappa shape index (κ3) is 3.66. The summed E-state index contributed by atoms with van der Waals surface area (Å²) in [6.07, 6.45) is 3.44. The van der Waals surface area contributed by atoms with Crippen LogP contribution in [0.3, 0.4) is 0 Å². The van der Waals surface area contributed by atoms with E-state index < -0.39 is 0 Å². The molecule has 1 saturated heterocycles. The van der Waals surface area contributed by atoms with Crippen molar-refractivity contribution in [3.8, 4) is 17.5 Å². The molecule has 29 heavy (non-hydrogen) atoms. The number of piperidine rings is 1. The van der Waals surface area contributed by atoms with Gasteiger partial charge in [-0.05, 0) is 67.6 Å². The highest BCUT2D eigenvalue weighted by Gasteiger charge is 2.58. The average Bonchev–Trinajstić information content (AvgIpc) is 3.21. The lowest BCUT2D eigenvalue weighted by Gasteiger charge is -2.32. The fourth-order valence-electron chi connectivity index (χ4n) is 4.47. The maximum Gasteiger partial charge on any atom is 0.230 e. The Bertz CT molecular complexity index is 1060. The first kappa shape index (κ1) is 18.4. The maximum atomic E-state index is 8.93. The van der Waals surface area contributed by atoms with Gasteiger partial charge in [-0.2, -0.15) is 10.2 Å². The largest absolute Gasteiger partial charge is 0.339 e. The van der Waals surface area contributed by atoms with Gasteiger partial charge in [-0.25, -0.2) is 0 Å². The first-order valence-corrected chi connectivity index (χ1v) is 10.3. The van der Waals surface area contributed by atoms with Crippen molar-refractivity contribution in [3.05, 3.63) is 70.6 Å². The number of halogens is 1. The van der Waals surface area contributed by atoms with Gasteiger partial charge in [0.1, 0.15) is 0 Å². The van der Waals surface area contributed by atoms with Gasteiger partial charge in [0.05, 0.1) is 11.6 Å². The first-order valence-electron chi connectivity index (χ1n) is 9.96. The molecule has 2 fully saturated rings. The molecule has 1 atom stereocenters. The number of benzene rings is 2. The summed E-state index contributed by atoms with van der Waals surface area (Å²) in [5.41, 5.74) is 3.18. The Labute approximate surface area is 174 Å². The SMILES string of the molecule is N#Cc1ccc(CN2CCC3(CC2)CC3c2nc(-c3cccc(Cl)c3)no2)cc1. The second-order valence-electron chi connectivity index (χ2n) is 8.17. The fourth-order valence-corrected chi connectivity index (χ4v) is 4.66. The number of likely N-dealkylation sites (tertiary alicyclic amines) is 1. The molecule has 1 aliphatic heterocycles. The van der Waals surface area contributed by atoms with Crippen LogP contribution < -0.4 is 0 Å². The third-order valence-electron chi connectivity index (χ3n) is 6.35. The molecule has 1 aromatic heterocycles. The number of hydrogen-bond donors (Lipinski definition) is 0. The molecule has 1 unspecified atom stereocenters. The molecule has 3 aromatic rings. The highest BCUT2D eigenvalue weighted by Crippen LogP contribution is 2.64. The van der Waals surface area contributed by atoms with Crippen molar-refractivity contribution in [3.63, 3.8) is 0 Å². The van der Waals surface area contributed by atoms with Crippen LogP contribution in [0.25, 0.3) is 11.4 Å². The van der Waals surface area contributed by atoms with E-state index in [0.29, 0.717) is 27.7 Å². The molecular weight excluding hydrogens is 384 g/mol. The smallest absolute Gasteiger partial charge is 0.230 e. The average molecular weight is 405 g/mol. The van der Waals surface area contributed by atoms with Crippen LogP contribution in [0.2, 0.25) is 5.02 Å². The molecule has 0 radical (unpaired) electrons.